The lowest BCUT2D eigenvalue weighted by molar-refractivity contribution is 0.144. The summed E-state index contributed by atoms with van der Waals surface area (Å²) in [5.74, 6) is 1.19. The molecule has 1 fully saturated rings. The average molecular weight is 436 g/mol. The number of aromatic nitrogens is 5. The van der Waals surface area contributed by atoms with Crippen LogP contribution in [0.1, 0.15) is 31.9 Å². The third kappa shape index (κ3) is 4.11. The van der Waals surface area contributed by atoms with E-state index in [0.717, 1.165) is 19.4 Å². The number of alkyl halides is 2. The highest BCUT2D eigenvalue weighted by atomic mass is 32.2. The topological polar surface area (TPSA) is 100 Å². The average Bonchev–Trinajstić information content (AvgIpc) is 3.12. The molecule has 3 aromatic heterocycles. The second-order valence-corrected chi connectivity index (χ2v) is 10.1. The third-order valence-corrected chi connectivity index (χ3v) is 6.56. The van der Waals surface area contributed by atoms with Crippen LogP contribution in [0.25, 0.3) is 17.0 Å². The molecule has 0 unspecified atom stereocenters. The van der Waals surface area contributed by atoms with Crippen LogP contribution >= 0.6 is 0 Å². The van der Waals surface area contributed by atoms with Crippen molar-refractivity contribution in [3.63, 3.8) is 0 Å². The molecule has 8 nitrogen and oxygen atoms in total. The predicted molar refractivity (Wildman–Crippen MR) is 110 cm³/mol. The Hall–Kier alpha value is -2.69. The predicted octanol–water partition coefficient (Wildman–Crippen LogP) is 3.41. The van der Waals surface area contributed by atoms with Crippen LogP contribution in [0, 0.1) is 10.7 Å². The van der Waals surface area contributed by atoms with Gasteiger partial charge in [-0.3, -0.25) is 8.99 Å². The maximum Gasteiger partial charge on any atom is 0.282 e. The van der Waals surface area contributed by atoms with Gasteiger partial charge >= 0.3 is 0 Å². The molecule has 30 heavy (non-hydrogen) atoms. The van der Waals surface area contributed by atoms with Crippen LogP contribution in [-0.2, 0) is 9.73 Å². The second kappa shape index (κ2) is 7.86. The van der Waals surface area contributed by atoms with E-state index in [0.29, 0.717) is 28.6 Å². The lowest BCUT2D eigenvalue weighted by Crippen LogP contribution is -2.46. The Bertz CT molecular complexity index is 1160. The van der Waals surface area contributed by atoms with Crippen molar-refractivity contribution in [1.29, 1.82) is 4.78 Å². The molecule has 4 heterocycles. The highest BCUT2D eigenvalue weighted by molar-refractivity contribution is 7.91. The number of nitrogens with zero attached hydrogens (tertiary/aromatic N) is 6. The summed E-state index contributed by atoms with van der Waals surface area (Å²) in [6.45, 7) is 2.85. The van der Waals surface area contributed by atoms with Crippen LogP contribution in [0.2, 0.25) is 0 Å². The van der Waals surface area contributed by atoms with Gasteiger partial charge in [0, 0.05) is 40.4 Å². The van der Waals surface area contributed by atoms with Crippen molar-refractivity contribution in [2.24, 2.45) is 5.92 Å². The van der Waals surface area contributed by atoms with E-state index in [4.69, 9.17) is 4.78 Å². The van der Waals surface area contributed by atoms with Crippen LogP contribution in [0.4, 0.5) is 14.6 Å². The van der Waals surface area contributed by atoms with Gasteiger partial charge in [0.05, 0.1) is 11.9 Å². The largest absolute Gasteiger partial charge is 0.353 e. The van der Waals surface area contributed by atoms with E-state index < -0.39 is 16.2 Å². The van der Waals surface area contributed by atoms with E-state index >= 15 is 0 Å². The van der Waals surface area contributed by atoms with E-state index in [1.807, 2.05) is 0 Å². The molecule has 0 saturated carbocycles. The summed E-state index contributed by atoms with van der Waals surface area (Å²) in [4.78, 5) is 15.1. The molecule has 0 bridgehead atoms. The number of hydrogen-bond donors (Lipinski definition) is 1. The van der Waals surface area contributed by atoms with Gasteiger partial charge in [-0.25, -0.2) is 28.2 Å². The van der Waals surface area contributed by atoms with Gasteiger partial charge in [0.1, 0.15) is 23.5 Å². The Morgan fingerprint density at radius 1 is 1.30 bits per heavy atom. The molecule has 0 spiro atoms. The first kappa shape index (κ1) is 20.6. The molecule has 4 rings (SSSR count). The first-order valence-electron chi connectivity index (χ1n) is 9.66. The van der Waals surface area contributed by atoms with Gasteiger partial charge < -0.3 is 4.90 Å². The molecule has 1 aliphatic rings. The van der Waals surface area contributed by atoms with Gasteiger partial charge in [0.2, 0.25) is 0 Å². The molecule has 1 N–H and O–H groups in total. The van der Waals surface area contributed by atoms with Gasteiger partial charge in [-0.2, -0.15) is 5.10 Å². The van der Waals surface area contributed by atoms with Crippen LogP contribution in [0.5, 0.6) is 0 Å². The van der Waals surface area contributed by atoms with Crippen molar-refractivity contribution in [3.8, 4) is 11.4 Å². The Labute approximate surface area is 173 Å². The zero-order chi connectivity index (χ0) is 21.5. The number of anilines is 1. The monoisotopic (exact) mass is 435 g/mol. The first-order valence-corrected chi connectivity index (χ1v) is 11.8. The number of fused-ring (bicyclic) bond motifs is 1. The summed E-state index contributed by atoms with van der Waals surface area (Å²) in [6.07, 6.45) is 3.63. The summed E-state index contributed by atoms with van der Waals surface area (Å²) in [6, 6.07) is 4.62. The van der Waals surface area contributed by atoms with Crippen LogP contribution in [0.3, 0.4) is 0 Å². The number of piperidine rings is 1. The molecule has 1 saturated heterocycles. The third-order valence-electron chi connectivity index (χ3n) is 5.50. The Balaban J connectivity index is 1.68. The van der Waals surface area contributed by atoms with E-state index in [1.54, 1.807) is 12.3 Å². The number of halogens is 2. The molecule has 1 aliphatic heterocycles. The van der Waals surface area contributed by atoms with Crippen molar-refractivity contribution in [2.75, 3.05) is 23.5 Å². The van der Waals surface area contributed by atoms with Gasteiger partial charge in [0.15, 0.2) is 5.65 Å². The van der Waals surface area contributed by atoms with E-state index in [2.05, 4.69) is 31.9 Å². The van der Waals surface area contributed by atoms with E-state index in [-0.39, 0.29) is 17.7 Å². The fourth-order valence-electron chi connectivity index (χ4n) is 4.00. The van der Waals surface area contributed by atoms with E-state index in [1.165, 1.54) is 29.2 Å². The minimum atomic E-state index is -2.68. The van der Waals surface area contributed by atoms with Gasteiger partial charge in [-0.15, -0.1) is 0 Å². The molecule has 0 aliphatic carbocycles. The molecule has 11 heteroatoms. The number of nitrogens with one attached hydrogen (secondary N) is 1. The number of imidazole rings is 1. The number of hydrogen-bond acceptors (Lipinski definition) is 7. The Morgan fingerprint density at radius 3 is 2.83 bits per heavy atom. The summed E-state index contributed by atoms with van der Waals surface area (Å²) < 4.78 is 47.3. The molecular weight excluding hydrogens is 412 g/mol. The Morgan fingerprint density at radius 2 is 2.10 bits per heavy atom. The zero-order valence-corrected chi connectivity index (χ0v) is 17.5. The summed E-state index contributed by atoms with van der Waals surface area (Å²) in [7, 11) is -2.58. The molecule has 0 radical (unpaired) electrons. The van der Waals surface area contributed by atoms with Crippen LogP contribution < -0.4 is 4.90 Å². The molecule has 3 atom stereocenters. The maximum atomic E-state index is 13.1. The normalized spacial score (nSPS) is 21.8. The van der Waals surface area contributed by atoms with Gasteiger partial charge in [-0.1, -0.05) is 0 Å². The minimum Gasteiger partial charge on any atom is -0.353 e. The molecule has 160 valence electrons. The zero-order valence-electron chi connectivity index (χ0n) is 16.7. The smallest absolute Gasteiger partial charge is 0.282 e. The van der Waals surface area contributed by atoms with Crippen molar-refractivity contribution in [2.45, 2.75) is 32.2 Å². The fraction of sp³-hybridized carbons (Fsp3) is 0.474. The number of rotatable bonds is 5. The molecular formula is C19H23F2N7OS. The van der Waals surface area contributed by atoms with Crippen molar-refractivity contribution >= 4 is 21.2 Å². The summed E-state index contributed by atoms with van der Waals surface area (Å²) >= 11 is 0. The van der Waals surface area contributed by atoms with E-state index in [9.17, 15) is 13.0 Å². The minimum absolute atomic E-state index is 0.0679. The first-order chi connectivity index (χ1) is 14.2. The van der Waals surface area contributed by atoms with Crippen LogP contribution in [0.15, 0.2) is 30.7 Å². The van der Waals surface area contributed by atoms with Crippen LogP contribution in [-0.4, -0.2) is 53.4 Å². The molecule has 0 aromatic carbocycles. The highest BCUT2D eigenvalue weighted by Crippen LogP contribution is 2.30. The molecule has 0 amide bonds. The van der Waals surface area contributed by atoms with Gasteiger partial charge in [0.25, 0.3) is 6.43 Å². The fourth-order valence-corrected chi connectivity index (χ4v) is 5.26. The summed E-state index contributed by atoms with van der Waals surface area (Å²) in [5, 5.41) is 4.00. The summed E-state index contributed by atoms with van der Waals surface area (Å²) in [5.41, 5.74) is 1.15. The lowest BCUT2D eigenvalue weighted by atomic mass is 9.92. The SMILES string of the molecule is C[C@H]1[C@@H](C[S@@](C)(=N)=O)CCCN1c1cc(-c2cnc3ccc(C(F)F)nn23)ncn1. The second-order valence-electron chi connectivity index (χ2n) is 7.74. The Kier molecular flexibility index (Phi) is 5.39. The maximum absolute atomic E-state index is 13.1. The van der Waals surface area contributed by atoms with Crippen molar-refractivity contribution in [1.82, 2.24) is 24.6 Å². The quantitative estimate of drug-likeness (QED) is 0.659. The highest BCUT2D eigenvalue weighted by Gasteiger charge is 2.30. The van der Waals surface area contributed by atoms with Crippen molar-refractivity contribution < 1.29 is 13.0 Å². The van der Waals surface area contributed by atoms with Gasteiger partial charge in [-0.05, 0) is 37.8 Å². The van der Waals surface area contributed by atoms with Crippen molar-refractivity contribution in [3.05, 3.63) is 36.4 Å². The molecule has 3 aromatic rings. The standard InChI is InChI=1S/C19H23F2N7OS/c1-12-13(10-30(2,22)29)4-3-7-27(12)18-8-15(24-11-25-18)16-9-23-17-6-5-14(19(20)21)26-28(16)17/h5-6,8-9,11-13,19,22H,3-4,7,10H2,1-2H3/t12-,13+,30-/m0/s1. The lowest BCUT2D eigenvalue weighted by Gasteiger charge is -2.40.